The second-order valence-electron chi connectivity index (χ2n) is 3.89. The van der Waals surface area contributed by atoms with Crippen molar-refractivity contribution in [3.63, 3.8) is 0 Å². The number of aliphatic hydroxyl groups is 1. The average molecular weight is 245 g/mol. The lowest BCUT2D eigenvalue weighted by Gasteiger charge is -2.19. The van der Waals surface area contributed by atoms with Gasteiger partial charge in [-0.25, -0.2) is 0 Å². The molecule has 1 aromatic carbocycles. The fourth-order valence-corrected chi connectivity index (χ4v) is 1.84. The summed E-state index contributed by atoms with van der Waals surface area (Å²) >= 11 is 6.17. The van der Waals surface area contributed by atoms with Crippen molar-refractivity contribution in [2.75, 3.05) is 14.2 Å². The van der Waals surface area contributed by atoms with Crippen LogP contribution in [0.15, 0.2) is 12.1 Å². The molecule has 1 unspecified atom stereocenters. The number of ether oxygens (including phenoxy) is 2. The summed E-state index contributed by atoms with van der Waals surface area (Å²) in [5, 5.41) is 10.4. The first-order chi connectivity index (χ1) is 7.52. The van der Waals surface area contributed by atoms with Crippen LogP contribution in [0, 0.1) is 5.92 Å². The lowest BCUT2D eigenvalue weighted by Crippen LogP contribution is -2.07. The second-order valence-corrected chi connectivity index (χ2v) is 4.27. The van der Waals surface area contributed by atoms with Crippen molar-refractivity contribution in [1.29, 1.82) is 0 Å². The minimum atomic E-state index is -0.604. The third kappa shape index (κ3) is 2.42. The molecule has 1 aromatic rings. The molecule has 0 aromatic heterocycles. The quantitative estimate of drug-likeness (QED) is 0.885. The van der Waals surface area contributed by atoms with E-state index in [-0.39, 0.29) is 5.92 Å². The van der Waals surface area contributed by atoms with Crippen molar-refractivity contribution in [3.05, 3.63) is 22.7 Å². The maximum atomic E-state index is 9.98. The summed E-state index contributed by atoms with van der Waals surface area (Å²) in [6.07, 6.45) is -0.604. The molecule has 0 bridgehead atoms. The van der Waals surface area contributed by atoms with E-state index in [1.54, 1.807) is 19.2 Å². The number of hydrogen-bond donors (Lipinski definition) is 1. The van der Waals surface area contributed by atoms with Gasteiger partial charge in [0.05, 0.1) is 25.3 Å². The highest BCUT2D eigenvalue weighted by Crippen LogP contribution is 2.40. The molecular weight excluding hydrogens is 228 g/mol. The zero-order chi connectivity index (χ0) is 12.3. The zero-order valence-electron chi connectivity index (χ0n) is 9.95. The van der Waals surface area contributed by atoms with Crippen LogP contribution in [0.4, 0.5) is 0 Å². The summed E-state index contributed by atoms with van der Waals surface area (Å²) in [6, 6.07) is 3.50. The molecule has 3 nitrogen and oxygen atoms in total. The lowest BCUT2D eigenvalue weighted by atomic mass is 9.99. The fraction of sp³-hybridized carbons (Fsp3) is 0.500. The number of halogens is 1. The first kappa shape index (κ1) is 13.1. The maximum Gasteiger partial charge on any atom is 0.179 e. The molecule has 0 aliphatic rings. The van der Waals surface area contributed by atoms with Gasteiger partial charge in [-0.1, -0.05) is 31.5 Å². The highest BCUT2D eigenvalue weighted by Gasteiger charge is 2.20. The lowest BCUT2D eigenvalue weighted by molar-refractivity contribution is 0.126. The van der Waals surface area contributed by atoms with Crippen molar-refractivity contribution in [2.24, 2.45) is 5.92 Å². The smallest absolute Gasteiger partial charge is 0.179 e. The maximum absolute atomic E-state index is 9.98. The molecule has 16 heavy (non-hydrogen) atoms. The molecule has 90 valence electrons. The van der Waals surface area contributed by atoms with Crippen LogP contribution in [0.1, 0.15) is 25.5 Å². The van der Waals surface area contributed by atoms with Gasteiger partial charge in [-0.15, -0.1) is 0 Å². The van der Waals surface area contributed by atoms with E-state index in [0.29, 0.717) is 22.1 Å². The van der Waals surface area contributed by atoms with Gasteiger partial charge in [0.1, 0.15) is 0 Å². The van der Waals surface area contributed by atoms with Gasteiger partial charge in [0.2, 0.25) is 0 Å². The van der Waals surface area contributed by atoms with Crippen LogP contribution < -0.4 is 9.47 Å². The molecule has 1 rings (SSSR count). The Morgan fingerprint density at radius 3 is 2.25 bits per heavy atom. The van der Waals surface area contributed by atoms with E-state index >= 15 is 0 Å². The molecule has 0 aliphatic carbocycles. The van der Waals surface area contributed by atoms with E-state index in [0.717, 1.165) is 0 Å². The predicted octanol–water partition coefficient (Wildman–Crippen LogP) is 3.05. The summed E-state index contributed by atoms with van der Waals surface area (Å²) < 4.78 is 10.3. The molecule has 0 fully saturated rings. The van der Waals surface area contributed by atoms with Crippen molar-refractivity contribution < 1.29 is 14.6 Å². The molecule has 0 saturated heterocycles. The SMILES string of the molecule is COc1ccc(C(O)C(C)C)c(Cl)c1OC. The van der Waals surface area contributed by atoms with Crippen LogP contribution in [0.3, 0.4) is 0 Å². The van der Waals surface area contributed by atoms with Crippen LogP contribution in [-0.2, 0) is 0 Å². The largest absolute Gasteiger partial charge is 0.493 e. The van der Waals surface area contributed by atoms with E-state index < -0.39 is 6.10 Å². The first-order valence-corrected chi connectivity index (χ1v) is 5.49. The van der Waals surface area contributed by atoms with E-state index in [1.807, 2.05) is 13.8 Å². The van der Waals surface area contributed by atoms with Gasteiger partial charge < -0.3 is 14.6 Å². The fourth-order valence-electron chi connectivity index (χ4n) is 1.49. The van der Waals surface area contributed by atoms with Gasteiger partial charge in [-0.05, 0) is 12.0 Å². The molecule has 0 aliphatic heterocycles. The molecule has 1 atom stereocenters. The molecule has 4 heteroatoms. The number of hydrogen-bond acceptors (Lipinski definition) is 3. The van der Waals surface area contributed by atoms with E-state index in [1.165, 1.54) is 7.11 Å². The Morgan fingerprint density at radius 2 is 1.81 bits per heavy atom. The van der Waals surface area contributed by atoms with Gasteiger partial charge >= 0.3 is 0 Å². The molecular formula is C12H17ClO3. The molecule has 0 heterocycles. The third-order valence-corrected chi connectivity index (χ3v) is 2.85. The molecule has 1 N–H and O–H groups in total. The molecule has 0 radical (unpaired) electrons. The zero-order valence-corrected chi connectivity index (χ0v) is 10.7. The van der Waals surface area contributed by atoms with Crippen molar-refractivity contribution in [3.8, 4) is 11.5 Å². The third-order valence-electron chi connectivity index (χ3n) is 2.47. The molecule has 0 spiro atoms. The van der Waals surface area contributed by atoms with Crippen molar-refractivity contribution in [1.82, 2.24) is 0 Å². The van der Waals surface area contributed by atoms with E-state index in [2.05, 4.69) is 0 Å². The van der Waals surface area contributed by atoms with Crippen molar-refractivity contribution >= 4 is 11.6 Å². The first-order valence-electron chi connectivity index (χ1n) is 5.11. The topological polar surface area (TPSA) is 38.7 Å². The van der Waals surface area contributed by atoms with Crippen LogP contribution >= 0.6 is 11.6 Å². The minimum absolute atomic E-state index is 0.0931. The highest BCUT2D eigenvalue weighted by molar-refractivity contribution is 6.33. The number of rotatable bonds is 4. The second kappa shape index (κ2) is 5.41. The van der Waals surface area contributed by atoms with Crippen LogP contribution in [0.5, 0.6) is 11.5 Å². The van der Waals surface area contributed by atoms with Crippen LogP contribution in [-0.4, -0.2) is 19.3 Å². The summed E-state index contributed by atoms with van der Waals surface area (Å²) in [6.45, 7) is 3.86. The number of aliphatic hydroxyl groups excluding tert-OH is 1. The average Bonchev–Trinajstić information content (AvgIpc) is 2.27. The van der Waals surface area contributed by atoms with Crippen LogP contribution in [0.2, 0.25) is 5.02 Å². The van der Waals surface area contributed by atoms with Gasteiger partial charge in [-0.2, -0.15) is 0 Å². The van der Waals surface area contributed by atoms with Crippen molar-refractivity contribution in [2.45, 2.75) is 20.0 Å². The molecule has 0 amide bonds. The highest BCUT2D eigenvalue weighted by atomic mass is 35.5. The summed E-state index contributed by atoms with van der Waals surface area (Å²) in [5.41, 5.74) is 0.661. The van der Waals surface area contributed by atoms with Gasteiger partial charge in [0.25, 0.3) is 0 Å². The predicted molar refractivity (Wildman–Crippen MR) is 64.4 cm³/mol. The number of benzene rings is 1. The van der Waals surface area contributed by atoms with Crippen LogP contribution in [0.25, 0.3) is 0 Å². The Kier molecular flexibility index (Phi) is 4.44. The van der Waals surface area contributed by atoms with E-state index in [4.69, 9.17) is 21.1 Å². The Labute approximate surface area is 101 Å². The minimum Gasteiger partial charge on any atom is -0.493 e. The Balaban J connectivity index is 3.23. The van der Waals surface area contributed by atoms with Gasteiger partial charge in [-0.3, -0.25) is 0 Å². The summed E-state index contributed by atoms with van der Waals surface area (Å²) in [4.78, 5) is 0. The Morgan fingerprint density at radius 1 is 1.19 bits per heavy atom. The monoisotopic (exact) mass is 244 g/mol. The summed E-state index contributed by atoms with van der Waals surface area (Å²) in [5.74, 6) is 1.11. The standard InChI is InChI=1S/C12H17ClO3/c1-7(2)11(14)8-5-6-9(15-3)12(16-4)10(8)13/h5-7,11,14H,1-4H3. The van der Waals surface area contributed by atoms with Gasteiger partial charge in [0, 0.05) is 5.56 Å². The summed E-state index contributed by atoms with van der Waals surface area (Å²) in [7, 11) is 3.07. The van der Waals surface area contributed by atoms with Gasteiger partial charge in [0.15, 0.2) is 11.5 Å². The van der Waals surface area contributed by atoms with E-state index in [9.17, 15) is 5.11 Å². The Hall–Kier alpha value is -0.930. The Bertz CT molecular complexity index is 364. The normalized spacial score (nSPS) is 12.7. The number of methoxy groups -OCH3 is 2. The molecule has 0 saturated carbocycles.